The maximum Gasteiger partial charge on any atom is 0.261 e. The number of aliphatic hydroxyl groups excluding tert-OH is 1. The molecule has 4 nitrogen and oxygen atoms in total. The van der Waals surface area contributed by atoms with E-state index in [-0.39, 0.29) is 12.5 Å². The summed E-state index contributed by atoms with van der Waals surface area (Å²) in [6.07, 6.45) is 0.549. The molecule has 118 valence electrons. The number of carbonyl (C=O) groups excluding carboxylic acids is 1. The number of carbonyl (C=O) groups is 1. The summed E-state index contributed by atoms with van der Waals surface area (Å²) in [5.41, 5.74) is -0.613. The number of hydrogen-bond donors (Lipinski definition) is 2. The molecule has 0 aromatic heterocycles. The molecule has 6 heteroatoms. The van der Waals surface area contributed by atoms with E-state index < -0.39 is 11.6 Å². The van der Waals surface area contributed by atoms with Crippen LogP contribution in [0.25, 0.3) is 0 Å². The van der Waals surface area contributed by atoms with E-state index in [4.69, 9.17) is 27.9 Å². The molecule has 0 aliphatic rings. The van der Waals surface area contributed by atoms with Crippen molar-refractivity contribution in [2.45, 2.75) is 45.3 Å². The normalized spacial score (nSPS) is 12.9. The standard InChI is InChI=1S/C15H21Cl2NO3/c1-4-15(5-2,9-19)18-14(20)10(3)21-13-7-6-11(16)8-12(13)17/h6-8,10,19H,4-5,9H2,1-3H3,(H,18,20). The number of ether oxygens (including phenoxy) is 1. The molecule has 1 atom stereocenters. The van der Waals surface area contributed by atoms with E-state index in [9.17, 15) is 9.90 Å². The largest absolute Gasteiger partial charge is 0.479 e. The van der Waals surface area contributed by atoms with Crippen molar-refractivity contribution in [3.63, 3.8) is 0 Å². The molecule has 1 rings (SSSR count). The van der Waals surface area contributed by atoms with Crippen molar-refractivity contribution in [3.8, 4) is 5.75 Å². The van der Waals surface area contributed by atoms with E-state index in [1.165, 1.54) is 0 Å². The van der Waals surface area contributed by atoms with Gasteiger partial charge in [-0.1, -0.05) is 37.0 Å². The van der Waals surface area contributed by atoms with Gasteiger partial charge in [-0.05, 0) is 38.0 Å². The Labute approximate surface area is 135 Å². The molecular weight excluding hydrogens is 313 g/mol. The number of amides is 1. The fraction of sp³-hybridized carbons (Fsp3) is 0.533. The van der Waals surface area contributed by atoms with Crippen LogP contribution in [0.1, 0.15) is 33.6 Å². The molecule has 1 aromatic rings. The van der Waals surface area contributed by atoms with Crippen LogP contribution in [0.2, 0.25) is 10.0 Å². The fourth-order valence-electron chi connectivity index (χ4n) is 1.87. The van der Waals surface area contributed by atoms with E-state index >= 15 is 0 Å². The van der Waals surface area contributed by atoms with Gasteiger partial charge in [0.05, 0.1) is 17.2 Å². The van der Waals surface area contributed by atoms with E-state index in [1.54, 1.807) is 25.1 Å². The zero-order valence-corrected chi connectivity index (χ0v) is 14.0. The maximum absolute atomic E-state index is 12.2. The van der Waals surface area contributed by atoms with Gasteiger partial charge in [0.25, 0.3) is 5.91 Å². The lowest BCUT2D eigenvalue weighted by atomic mass is 9.93. The maximum atomic E-state index is 12.2. The first-order chi connectivity index (χ1) is 9.87. The third-order valence-corrected chi connectivity index (χ3v) is 4.14. The zero-order valence-electron chi connectivity index (χ0n) is 12.5. The molecule has 0 aliphatic heterocycles. The number of rotatable bonds is 7. The van der Waals surface area contributed by atoms with Gasteiger partial charge < -0.3 is 15.2 Å². The fourth-order valence-corrected chi connectivity index (χ4v) is 2.32. The minimum absolute atomic E-state index is 0.111. The first-order valence-electron chi connectivity index (χ1n) is 6.92. The van der Waals surface area contributed by atoms with Crippen molar-refractivity contribution >= 4 is 29.1 Å². The predicted molar refractivity (Wildman–Crippen MR) is 85.1 cm³/mol. The molecule has 1 amide bonds. The topological polar surface area (TPSA) is 58.6 Å². The molecule has 0 fully saturated rings. The van der Waals surface area contributed by atoms with Gasteiger partial charge in [-0.2, -0.15) is 0 Å². The average molecular weight is 334 g/mol. The van der Waals surface area contributed by atoms with Crippen molar-refractivity contribution in [1.29, 1.82) is 0 Å². The van der Waals surface area contributed by atoms with Gasteiger partial charge in [0.15, 0.2) is 6.10 Å². The Hall–Kier alpha value is -0.970. The molecule has 0 saturated heterocycles. The average Bonchev–Trinajstić information content (AvgIpc) is 2.47. The van der Waals surface area contributed by atoms with Gasteiger partial charge in [0.2, 0.25) is 0 Å². The second-order valence-electron chi connectivity index (χ2n) is 4.97. The van der Waals surface area contributed by atoms with Gasteiger partial charge >= 0.3 is 0 Å². The summed E-state index contributed by atoms with van der Waals surface area (Å²) in [5.74, 6) is 0.102. The summed E-state index contributed by atoms with van der Waals surface area (Å²) in [6, 6.07) is 4.82. The molecule has 2 N–H and O–H groups in total. The Kier molecular flexibility index (Phi) is 6.78. The third kappa shape index (κ3) is 4.77. The van der Waals surface area contributed by atoms with E-state index in [0.29, 0.717) is 28.6 Å². The first kappa shape index (κ1) is 18.1. The van der Waals surface area contributed by atoms with Crippen molar-refractivity contribution in [1.82, 2.24) is 5.32 Å². The molecule has 0 aliphatic carbocycles. The molecule has 0 radical (unpaired) electrons. The molecule has 0 heterocycles. The third-order valence-electron chi connectivity index (χ3n) is 3.61. The lowest BCUT2D eigenvalue weighted by Gasteiger charge is -2.32. The highest BCUT2D eigenvalue weighted by Gasteiger charge is 2.29. The van der Waals surface area contributed by atoms with E-state index in [2.05, 4.69) is 5.32 Å². The second kappa shape index (κ2) is 7.87. The van der Waals surface area contributed by atoms with Crippen LogP contribution in [0.15, 0.2) is 18.2 Å². The van der Waals surface area contributed by atoms with Crippen LogP contribution >= 0.6 is 23.2 Å². The van der Waals surface area contributed by atoms with Crippen molar-refractivity contribution in [2.75, 3.05) is 6.61 Å². The minimum Gasteiger partial charge on any atom is -0.479 e. The number of nitrogens with one attached hydrogen (secondary N) is 1. The molecule has 1 aromatic carbocycles. The number of halogens is 2. The summed E-state index contributed by atoms with van der Waals surface area (Å²) < 4.78 is 5.56. The SMILES string of the molecule is CCC(CC)(CO)NC(=O)C(C)Oc1ccc(Cl)cc1Cl. The molecule has 0 spiro atoms. The van der Waals surface area contributed by atoms with Gasteiger partial charge in [-0.3, -0.25) is 4.79 Å². The van der Waals surface area contributed by atoms with Crippen LogP contribution in [0.5, 0.6) is 5.75 Å². The van der Waals surface area contributed by atoms with Crippen LogP contribution in [-0.2, 0) is 4.79 Å². The van der Waals surface area contributed by atoms with Crippen LogP contribution in [0, 0.1) is 0 Å². The summed E-state index contributed by atoms with van der Waals surface area (Å²) in [5, 5.41) is 13.2. The Morgan fingerprint density at radius 3 is 2.48 bits per heavy atom. The van der Waals surface area contributed by atoms with E-state index in [1.807, 2.05) is 13.8 Å². The van der Waals surface area contributed by atoms with Gasteiger partial charge in [-0.15, -0.1) is 0 Å². The minimum atomic E-state index is -0.729. The zero-order chi connectivity index (χ0) is 16.0. The van der Waals surface area contributed by atoms with Crippen LogP contribution in [-0.4, -0.2) is 29.3 Å². The number of hydrogen-bond acceptors (Lipinski definition) is 3. The van der Waals surface area contributed by atoms with E-state index in [0.717, 1.165) is 0 Å². The predicted octanol–water partition coefficient (Wildman–Crippen LogP) is 3.43. The second-order valence-corrected chi connectivity index (χ2v) is 5.81. The van der Waals surface area contributed by atoms with Crippen molar-refractivity contribution < 1.29 is 14.6 Å². The molecule has 0 bridgehead atoms. The molecular formula is C15H21Cl2NO3. The highest BCUT2D eigenvalue weighted by atomic mass is 35.5. The quantitative estimate of drug-likeness (QED) is 0.803. The lowest BCUT2D eigenvalue weighted by molar-refractivity contribution is -0.130. The monoisotopic (exact) mass is 333 g/mol. The van der Waals surface area contributed by atoms with Crippen LogP contribution in [0.3, 0.4) is 0 Å². The summed E-state index contributed by atoms with van der Waals surface area (Å²) in [7, 11) is 0. The summed E-state index contributed by atoms with van der Waals surface area (Å²) in [4.78, 5) is 12.2. The molecule has 21 heavy (non-hydrogen) atoms. The van der Waals surface area contributed by atoms with Crippen LogP contribution < -0.4 is 10.1 Å². The number of aliphatic hydroxyl groups is 1. The van der Waals surface area contributed by atoms with Gasteiger partial charge in [0.1, 0.15) is 5.75 Å². The molecule has 0 saturated carbocycles. The highest BCUT2D eigenvalue weighted by molar-refractivity contribution is 6.35. The Bertz CT molecular complexity index is 482. The Morgan fingerprint density at radius 2 is 2.00 bits per heavy atom. The van der Waals surface area contributed by atoms with Crippen LogP contribution in [0.4, 0.5) is 0 Å². The summed E-state index contributed by atoms with van der Waals surface area (Å²) >= 11 is 11.8. The van der Waals surface area contributed by atoms with Crippen molar-refractivity contribution in [3.05, 3.63) is 28.2 Å². The smallest absolute Gasteiger partial charge is 0.261 e. The lowest BCUT2D eigenvalue weighted by Crippen LogP contribution is -2.54. The summed E-state index contributed by atoms with van der Waals surface area (Å²) in [6.45, 7) is 5.36. The highest BCUT2D eigenvalue weighted by Crippen LogP contribution is 2.28. The molecule has 1 unspecified atom stereocenters. The Balaban J connectivity index is 2.74. The Morgan fingerprint density at radius 1 is 1.38 bits per heavy atom. The number of benzene rings is 1. The van der Waals surface area contributed by atoms with Crippen molar-refractivity contribution in [2.24, 2.45) is 0 Å². The van der Waals surface area contributed by atoms with Gasteiger partial charge in [-0.25, -0.2) is 0 Å². The van der Waals surface area contributed by atoms with Gasteiger partial charge in [0, 0.05) is 5.02 Å². The first-order valence-corrected chi connectivity index (χ1v) is 7.67.